The monoisotopic (exact) mass is 197 g/mol. The highest BCUT2D eigenvalue weighted by molar-refractivity contribution is 6.31. The second-order valence-corrected chi connectivity index (χ2v) is 3.11. The summed E-state index contributed by atoms with van der Waals surface area (Å²) in [5, 5.41) is 8.83. The van der Waals surface area contributed by atoms with Gasteiger partial charge in [0.1, 0.15) is 5.82 Å². The number of rotatable bonds is 2. The van der Waals surface area contributed by atoms with Gasteiger partial charge in [-0.2, -0.15) is 5.26 Å². The number of halogens is 2. The molecule has 68 valence electrons. The molecular formula is C10H9ClFN. The smallest absolute Gasteiger partial charge is 0.142 e. The Morgan fingerprint density at radius 2 is 2.31 bits per heavy atom. The Hall–Kier alpha value is -1.07. The van der Waals surface area contributed by atoms with Crippen LogP contribution in [0, 0.1) is 17.1 Å². The average molecular weight is 198 g/mol. The van der Waals surface area contributed by atoms with Crippen LogP contribution in [0.5, 0.6) is 0 Å². The maximum Gasteiger partial charge on any atom is 0.142 e. The van der Waals surface area contributed by atoms with Gasteiger partial charge in [-0.25, -0.2) is 4.39 Å². The molecule has 0 aromatic heterocycles. The summed E-state index contributed by atoms with van der Waals surface area (Å²) >= 11 is 5.72. The molecule has 0 aliphatic rings. The molecular weight excluding hydrogens is 189 g/mol. The van der Waals surface area contributed by atoms with Crippen LogP contribution in [-0.4, -0.2) is 0 Å². The van der Waals surface area contributed by atoms with E-state index in [4.69, 9.17) is 16.9 Å². The van der Waals surface area contributed by atoms with Crippen LogP contribution in [0.1, 0.15) is 24.8 Å². The molecule has 0 amide bonds. The van der Waals surface area contributed by atoms with Crippen molar-refractivity contribution in [3.63, 3.8) is 0 Å². The van der Waals surface area contributed by atoms with Crippen LogP contribution < -0.4 is 0 Å². The SMILES string of the molecule is CCC(C#N)c1cccc(F)c1Cl. The first kappa shape index (κ1) is 10.0. The van der Waals surface area contributed by atoms with E-state index < -0.39 is 5.82 Å². The first-order valence-corrected chi connectivity index (χ1v) is 4.42. The van der Waals surface area contributed by atoms with Crippen molar-refractivity contribution in [1.29, 1.82) is 5.26 Å². The molecule has 0 saturated carbocycles. The molecule has 0 radical (unpaired) electrons. The second-order valence-electron chi connectivity index (χ2n) is 2.73. The van der Waals surface area contributed by atoms with Crippen molar-refractivity contribution in [1.82, 2.24) is 0 Å². The zero-order chi connectivity index (χ0) is 9.84. The van der Waals surface area contributed by atoms with Crippen molar-refractivity contribution >= 4 is 11.6 Å². The van der Waals surface area contributed by atoms with E-state index in [1.807, 2.05) is 6.92 Å². The van der Waals surface area contributed by atoms with E-state index in [0.29, 0.717) is 12.0 Å². The standard InChI is InChI=1S/C10H9ClFN/c1-2-7(6-13)8-4-3-5-9(12)10(8)11/h3-5,7H,2H2,1H3. The van der Waals surface area contributed by atoms with Crippen molar-refractivity contribution in [3.8, 4) is 6.07 Å². The minimum atomic E-state index is -0.465. The Morgan fingerprint density at radius 1 is 1.62 bits per heavy atom. The fourth-order valence-corrected chi connectivity index (χ4v) is 1.43. The summed E-state index contributed by atoms with van der Waals surface area (Å²) in [6.45, 7) is 1.87. The van der Waals surface area contributed by atoms with Gasteiger partial charge in [0.25, 0.3) is 0 Å². The highest BCUT2D eigenvalue weighted by Crippen LogP contribution is 2.28. The zero-order valence-corrected chi connectivity index (χ0v) is 7.98. The summed E-state index contributed by atoms with van der Waals surface area (Å²) in [7, 11) is 0. The lowest BCUT2D eigenvalue weighted by atomic mass is 9.98. The Labute approximate surface area is 81.8 Å². The van der Waals surface area contributed by atoms with Gasteiger partial charge in [0, 0.05) is 0 Å². The minimum absolute atomic E-state index is 0.0656. The molecule has 0 bridgehead atoms. The van der Waals surface area contributed by atoms with E-state index in [0.717, 1.165) is 0 Å². The highest BCUT2D eigenvalue weighted by Gasteiger charge is 2.13. The summed E-state index contributed by atoms with van der Waals surface area (Å²) in [5.74, 6) is -0.781. The Kier molecular flexibility index (Phi) is 3.27. The predicted molar refractivity (Wildman–Crippen MR) is 50.1 cm³/mol. The van der Waals surface area contributed by atoms with Crippen molar-refractivity contribution in [2.75, 3.05) is 0 Å². The zero-order valence-electron chi connectivity index (χ0n) is 7.22. The van der Waals surface area contributed by atoms with Gasteiger partial charge in [-0.1, -0.05) is 30.7 Å². The molecule has 13 heavy (non-hydrogen) atoms. The van der Waals surface area contributed by atoms with E-state index in [1.165, 1.54) is 6.07 Å². The predicted octanol–water partition coefficient (Wildman–Crippen LogP) is 3.50. The third-order valence-electron chi connectivity index (χ3n) is 1.92. The fourth-order valence-electron chi connectivity index (χ4n) is 1.17. The van der Waals surface area contributed by atoms with Gasteiger partial charge >= 0.3 is 0 Å². The Bertz CT molecular complexity index is 343. The van der Waals surface area contributed by atoms with Gasteiger partial charge in [0.15, 0.2) is 0 Å². The lowest BCUT2D eigenvalue weighted by Gasteiger charge is -2.08. The number of benzene rings is 1. The van der Waals surface area contributed by atoms with E-state index in [1.54, 1.807) is 12.1 Å². The molecule has 0 N–H and O–H groups in total. The molecule has 1 aromatic rings. The Balaban J connectivity index is 3.15. The van der Waals surface area contributed by atoms with Crippen molar-refractivity contribution < 1.29 is 4.39 Å². The number of nitrogens with zero attached hydrogens (tertiary/aromatic N) is 1. The first-order chi connectivity index (χ1) is 6.20. The molecule has 0 aliphatic heterocycles. The van der Waals surface area contributed by atoms with Gasteiger partial charge in [-0.05, 0) is 18.1 Å². The summed E-state index contributed by atoms with van der Waals surface area (Å²) < 4.78 is 13.0. The lowest BCUT2D eigenvalue weighted by Crippen LogP contribution is -1.96. The van der Waals surface area contributed by atoms with Gasteiger partial charge in [0.05, 0.1) is 17.0 Å². The number of hydrogen-bond acceptors (Lipinski definition) is 1. The molecule has 1 rings (SSSR count). The van der Waals surface area contributed by atoms with Crippen LogP contribution in [0.4, 0.5) is 4.39 Å². The summed E-state index contributed by atoms with van der Waals surface area (Å²) in [6, 6.07) is 6.62. The maximum absolute atomic E-state index is 13.0. The molecule has 3 heteroatoms. The van der Waals surface area contributed by atoms with Gasteiger partial charge in [0.2, 0.25) is 0 Å². The first-order valence-electron chi connectivity index (χ1n) is 4.04. The summed E-state index contributed by atoms with van der Waals surface area (Å²) in [4.78, 5) is 0. The van der Waals surface area contributed by atoms with Crippen LogP contribution in [0.3, 0.4) is 0 Å². The van der Waals surface area contributed by atoms with Gasteiger partial charge in [-0.3, -0.25) is 0 Å². The molecule has 0 heterocycles. The highest BCUT2D eigenvalue weighted by atomic mass is 35.5. The second kappa shape index (κ2) is 4.25. The minimum Gasteiger partial charge on any atom is -0.205 e. The summed E-state index contributed by atoms with van der Waals surface area (Å²) in [6.07, 6.45) is 0.639. The quantitative estimate of drug-likeness (QED) is 0.712. The molecule has 0 fully saturated rings. The van der Waals surface area contributed by atoms with E-state index in [2.05, 4.69) is 6.07 Å². The third-order valence-corrected chi connectivity index (χ3v) is 2.32. The topological polar surface area (TPSA) is 23.8 Å². The van der Waals surface area contributed by atoms with Crippen molar-refractivity contribution in [3.05, 3.63) is 34.6 Å². The molecule has 1 atom stereocenters. The Morgan fingerprint density at radius 3 is 2.85 bits per heavy atom. The molecule has 1 unspecified atom stereocenters. The van der Waals surface area contributed by atoms with Crippen molar-refractivity contribution in [2.45, 2.75) is 19.3 Å². The number of nitriles is 1. The maximum atomic E-state index is 13.0. The van der Waals surface area contributed by atoms with E-state index in [9.17, 15) is 4.39 Å². The van der Waals surface area contributed by atoms with E-state index >= 15 is 0 Å². The fraction of sp³-hybridized carbons (Fsp3) is 0.300. The summed E-state index contributed by atoms with van der Waals surface area (Å²) in [5.41, 5.74) is 0.576. The van der Waals surface area contributed by atoms with Crippen LogP contribution in [0.15, 0.2) is 18.2 Å². The molecule has 0 spiro atoms. The van der Waals surface area contributed by atoms with Gasteiger partial charge < -0.3 is 0 Å². The van der Waals surface area contributed by atoms with Crippen molar-refractivity contribution in [2.24, 2.45) is 0 Å². The molecule has 1 nitrogen and oxygen atoms in total. The van der Waals surface area contributed by atoms with Gasteiger partial charge in [-0.15, -0.1) is 0 Å². The molecule has 1 aromatic carbocycles. The van der Waals surface area contributed by atoms with Crippen LogP contribution in [-0.2, 0) is 0 Å². The van der Waals surface area contributed by atoms with Crippen LogP contribution >= 0.6 is 11.6 Å². The molecule has 0 aliphatic carbocycles. The average Bonchev–Trinajstić information content (AvgIpc) is 2.14. The number of hydrogen-bond donors (Lipinski definition) is 0. The largest absolute Gasteiger partial charge is 0.205 e. The normalized spacial score (nSPS) is 12.2. The molecule has 0 saturated heterocycles. The van der Waals surface area contributed by atoms with Crippen LogP contribution in [0.25, 0.3) is 0 Å². The van der Waals surface area contributed by atoms with Crippen LogP contribution in [0.2, 0.25) is 5.02 Å². The third kappa shape index (κ3) is 1.99. The van der Waals surface area contributed by atoms with E-state index in [-0.39, 0.29) is 10.9 Å². The lowest BCUT2D eigenvalue weighted by molar-refractivity contribution is 0.623.